The van der Waals surface area contributed by atoms with E-state index < -0.39 is 0 Å². The van der Waals surface area contributed by atoms with Crippen LogP contribution in [-0.4, -0.2) is 17.6 Å². The fraction of sp³-hybridized carbons (Fsp3) is 0.562. The monoisotopic (exact) mass is 259 g/mol. The number of ether oxygens (including phenoxy) is 1. The summed E-state index contributed by atoms with van der Waals surface area (Å²) in [7, 11) is 0. The predicted molar refractivity (Wildman–Crippen MR) is 74.2 cm³/mol. The summed E-state index contributed by atoms with van der Waals surface area (Å²) < 4.78 is 5.05. The molecule has 0 saturated heterocycles. The Morgan fingerprint density at radius 3 is 3.11 bits per heavy atom. The second-order valence-electron chi connectivity index (χ2n) is 5.52. The van der Waals surface area contributed by atoms with Crippen molar-refractivity contribution >= 4 is 6.09 Å². The van der Waals surface area contributed by atoms with E-state index in [0.717, 1.165) is 5.92 Å². The molecule has 3 heteroatoms. The molecular formula is C16H21NO2. The van der Waals surface area contributed by atoms with Gasteiger partial charge < -0.3 is 4.74 Å². The first-order chi connectivity index (χ1) is 9.29. The van der Waals surface area contributed by atoms with Crippen LogP contribution in [0.3, 0.4) is 0 Å². The SMILES string of the molecule is CCOC(=O)N1C=CC2=C3CCCC3CCC2C=C1. The first kappa shape index (κ1) is 12.5. The zero-order chi connectivity index (χ0) is 13.2. The van der Waals surface area contributed by atoms with Gasteiger partial charge in [0, 0.05) is 18.3 Å². The lowest BCUT2D eigenvalue weighted by molar-refractivity contribution is 0.133. The third-order valence-electron chi connectivity index (χ3n) is 4.46. The maximum Gasteiger partial charge on any atom is 0.417 e. The lowest BCUT2D eigenvalue weighted by Crippen LogP contribution is -2.20. The summed E-state index contributed by atoms with van der Waals surface area (Å²) in [5, 5.41) is 0. The molecule has 0 aromatic carbocycles. The van der Waals surface area contributed by atoms with Gasteiger partial charge in [-0.25, -0.2) is 4.79 Å². The number of allylic oxidation sites excluding steroid dienone is 4. The number of carbonyl (C=O) groups is 1. The van der Waals surface area contributed by atoms with Crippen LogP contribution in [0.25, 0.3) is 0 Å². The maximum absolute atomic E-state index is 11.8. The van der Waals surface area contributed by atoms with Gasteiger partial charge in [0.05, 0.1) is 6.61 Å². The number of nitrogens with zero attached hydrogens (tertiary/aromatic N) is 1. The molecule has 3 rings (SSSR count). The summed E-state index contributed by atoms with van der Waals surface area (Å²) in [5.74, 6) is 1.29. The highest BCUT2D eigenvalue weighted by molar-refractivity contribution is 5.70. The summed E-state index contributed by atoms with van der Waals surface area (Å²) >= 11 is 0. The van der Waals surface area contributed by atoms with Gasteiger partial charge in [0.25, 0.3) is 0 Å². The number of hydrogen-bond donors (Lipinski definition) is 0. The van der Waals surface area contributed by atoms with E-state index in [2.05, 4.69) is 12.2 Å². The second kappa shape index (κ2) is 5.24. The van der Waals surface area contributed by atoms with E-state index in [1.54, 1.807) is 10.5 Å². The lowest BCUT2D eigenvalue weighted by atomic mass is 9.78. The van der Waals surface area contributed by atoms with Gasteiger partial charge in [0.1, 0.15) is 0 Å². The number of carbonyl (C=O) groups excluding carboxylic acids is 1. The van der Waals surface area contributed by atoms with E-state index in [1.165, 1.54) is 37.7 Å². The van der Waals surface area contributed by atoms with E-state index in [-0.39, 0.29) is 6.09 Å². The van der Waals surface area contributed by atoms with Crippen molar-refractivity contribution in [1.82, 2.24) is 4.90 Å². The summed E-state index contributed by atoms with van der Waals surface area (Å²) in [6.07, 6.45) is 14.2. The molecule has 0 bridgehead atoms. The van der Waals surface area contributed by atoms with Crippen LogP contribution < -0.4 is 0 Å². The topological polar surface area (TPSA) is 29.5 Å². The highest BCUT2D eigenvalue weighted by Crippen LogP contribution is 2.45. The van der Waals surface area contributed by atoms with Gasteiger partial charge in [0.15, 0.2) is 0 Å². The minimum atomic E-state index is -0.290. The standard InChI is InChI=1S/C16H21NO2/c1-2-19-16(18)17-10-8-13-7-6-12-4-3-5-14(12)15(13)9-11-17/h8-13H,2-7H2,1H3. The van der Waals surface area contributed by atoms with Crippen LogP contribution in [0, 0.1) is 11.8 Å². The molecule has 2 atom stereocenters. The van der Waals surface area contributed by atoms with Crippen molar-refractivity contribution in [2.75, 3.05) is 6.61 Å². The molecule has 1 saturated carbocycles. The molecule has 0 spiro atoms. The normalized spacial score (nSPS) is 29.0. The second-order valence-corrected chi connectivity index (χ2v) is 5.52. The van der Waals surface area contributed by atoms with Crippen LogP contribution >= 0.6 is 0 Å². The number of amides is 1. The molecule has 2 unspecified atom stereocenters. The van der Waals surface area contributed by atoms with Crippen molar-refractivity contribution in [3.05, 3.63) is 35.7 Å². The Hall–Kier alpha value is -1.51. The molecule has 3 nitrogen and oxygen atoms in total. The van der Waals surface area contributed by atoms with E-state index in [4.69, 9.17) is 4.74 Å². The Bertz CT molecular complexity index is 461. The van der Waals surface area contributed by atoms with Crippen molar-refractivity contribution in [2.24, 2.45) is 11.8 Å². The van der Waals surface area contributed by atoms with Crippen molar-refractivity contribution in [3.63, 3.8) is 0 Å². The third-order valence-corrected chi connectivity index (χ3v) is 4.46. The van der Waals surface area contributed by atoms with Crippen LogP contribution in [0.5, 0.6) is 0 Å². The van der Waals surface area contributed by atoms with Crippen molar-refractivity contribution in [3.8, 4) is 0 Å². The van der Waals surface area contributed by atoms with E-state index in [9.17, 15) is 4.79 Å². The molecule has 0 N–H and O–H groups in total. The van der Waals surface area contributed by atoms with E-state index in [0.29, 0.717) is 12.5 Å². The largest absolute Gasteiger partial charge is 0.449 e. The Labute approximate surface area is 114 Å². The average molecular weight is 259 g/mol. The van der Waals surface area contributed by atoms with Gasteiger partial charge in [-0.15, -0.1) is 0 Å². The Morgan fingerprint density at radius 2 is 2.26 bits per heavy atom. The maximum atomic E-state index is 11.8. The summed E-state index contributed by atoms with van der Waals surface area (Å²) in [4.78, 5) is 13.3. The van der Waals surface area contributed by atoms with Crippen molar-refractivity contribution in [1.29, 1.82) is 0 Å². The van der Waals surface area contributed by atoms with E-state index in [1.807, 2.05) is 19.3 Å². The summed E-state index contributed by atoms with van der Waals surface area (Å²) in [6.45, 7) is 2.24. The minimum absolute atomic E-state index is 0.290. The Kier molecular flexibility index (Phi) is 3.45. The highest BCUT2D eigenvalue weighted by atomic mass is 16.5. The van der Waals surface area contributed by atoms with Gasteiger partial charge in [-0.3, -0.25) is 4.90 Å². The molecule has 1 heterocycles. The molecular weight excluding hydrogens is 238 g/mol. The van der Waals surface area contributed by atoms with Gasteiger partial charge >= 0.3 is 6.09 Å². The van der Waals surface area contributed by atoms with Crippen LogP contribution in [-0.2, 0) is 4.74 Å². The molecule has 0 aromatic heterocycles. The van der Waals surface area contributed by atoms with Crippen LogP contribution in [0.15, 0.2) is 35.7 Å². The Balaban J connectivity index is 1.87. The van der Waals surface area contributed by atoms with Gasteiger partial charge in [-0.2, -0.15) is 0 Å². The molecule has 0 radical (unpaired) electrons. The van der Waals surface area contributed by atoms with E-state index >= 15 is 0 Å². The fourth-order valence-corrected chi connectivity index (χ4v) is 3.55. The van der Waals surface area contributed by atoms with Gasteiger partial charge in [-0.1, -0.05) is 11.6 Å². The minimum Gasteiger partial charge on any atom is -0.449 e. The molecule has 1 fully saturated rings. The average Bonchev–Trinajstić information content (AvgIpc) is 2.78. The molecule has 2 aliphatic carbocycles. The molecule has 19 heavy (non-hydrogen) atoms. The first-order valence-electron chi connectivity index (χ1n) is 7.34. The molecule has 1 aliphatic heterocycles. The fourth-order valence-electron chi connectivity index (χ4n) is 3.55. The predicted octanol–water partition coefficient (Wildman–Crippen LogP) is 3.99. The first-order valence-corrected chi connectivity index (χ1v) is 7.34. The quantitative estimate of drug-likeness (QED) is 0.712. The van der Waals surface area contributed by atoms with Crippen molar-refractivity contribution in [2.45, 2.75) is 39.0 Å². The zero-order valence-electron chi connectivity index (χ0n) is 11.5. The molecule has 3 aliphatic rings. The van der Waals surface area contributed by atoms with Crippen molar-refractivity contribution < 1.29 is 9.53 Å². The number of fused-ring (bicyclic) bond motifs is 2. The summed E-state index contributed by atoms with van der Waals surface area (Å²) in [6, 6.07) is 0. The van der Waals surface area contributed by atoms with Crippen LogP contribution in [0.2, 0.25) is 0 Å². The number of rotatable bonds is 1. The lowest BCUT2D eigenvalue weighted by Gasteiger charge is -2.27. The van der Waals surface area contributed by atoms with Crippen LogP contribution in [0.4, 0.5) is 4.79 Å². The summed E-state index contributed by atoms with van der Waals surface area (Å²) in [5.41, 5.74) is 3.10. The molecule has 102 valence electrons. The highest BCUT2D eigenvalue weighted by Gasteiger charge is 2.31. The van der Waals surface area contributed by atoms with Crippen LogP contribution in [0.1, 0.15) is 39.0 Å². The molecule has 1 amide bonds. The molecule has 0 aromatic rings. The Morgan fingerprint density at radius 1 is 1.37 bits per heavy atom. The zero-order valence-corrected chi connectivity index (χ0v) is 11.5. The number of hydrogen-bond acceptors (Lipinski definition) is 2. The van der Waals surface area contributed by atoms with Gasteiger partial charge in [-0.05, 0) is 56.6 Å². The third kappa shape index (κ3) is 2.34. The van der Waals surface area contributed by atoms with Gasteiger partial charge in [0.2, 0.25) is 0 Å². The smallest absolute Gasteiger partial charge is 0.417 e.